The van der Waals surface area contributed by atoms with Crippen LogP contribution in [0.25, 0.3) is 22.3 Å². The highest BCUT2D eigenvalue weighted by atomic mass is 16.6. The lowest BCUT2D eigenvalue weighted by Crippen LogP contribution is -2.37. The standard InChI is InChI=1S/C32H29N3O4/c36-31(38-29-25-13-5-1-9-21(25)22-10-2-6-14-26(22)29)34-19-17-33-18-20-35-32(37)39-30-27-15-7-3-11-23(27)24-12-4-8-16-28(24)30/h1-16,29-30,33H,17-20H2,(H,34,36)(H,35,37). The minimum atomic E-state index is -0.466. The largest absolute Gasteiger partial charge is 0.436 e. The Balaban J connectivity index is 0.916. The molecule has 7 nitrogen and oxygen atoms in total. The van der Waals surface area contributed by atoms with E-state index in [1.807, 2.05) is 72.8 Å². The van der Waals surface area contributed by atoms with Crippen LogP contribution in [-0.2, 0) is 9.47 Å². The van der Waals surface area contributed by atoms with Crippen molar-refractivity contribution in [1.29, 1.82) is 0 Å². The Hall–Kier alpha value is -4.62. The number of fused-ring (bicyclic) bond motifs is 6. The third kappa shape index (κ3) is 4.96. The van der Waals surface area contributed by atoms with Crippen LogP contribution >= 0.6 is 0 Å². The van der Waals surface area contributed by atoms with Gasteiger partial charge >= 0.3 is 12.2 Å². The van der Waals surface area contributed by atoms with E-state index in [0.717, 1.165) is 44.5 Å². The first kappa shape index (κ1) is 24.7. The van der Waals surface area contributed by atoms with E-state index in [1.54, 1.807) is 0 Å². The van der Waals surface area contributed by atoms with Gasteiger partial charge in [-0.1, -0.05) is 97.1 Å². The number of nitrogens with one attached hydrogen (secondary N) is 3. The minimum absolute atomic E-state index is 0.398. The summed E-state index contributed by atoms with van der Waals surface area (Å²) in [4.78, 5) is 25.0. The molecule has 2 aliphatic rings. The van der Waals surface area contributed by atoms with Crippen LogP contribution < -0.4 is 16.0 Å². The van der Waals surface area contributed by atoms with Crippen LogP contribution in [0.4, 0.5) is 9.59 Å². The number of hydrogen-bond donors (Lipinski definition) is 3. The molecular formula is C32H29N3O4. The van der Waals surface area contributed by atoms with Gasteiger partial charge in [-0.25, -0.2) is 9.59 Å². The molecule has 0 bridgehead atoms. The Morgan fingerprint density at radius 3 is 1.13 bits per heavy atom. The Bertz CT molecular complexity index is 1310. The highest BCUT2D eigenvalue weighted by Gasteiger charge is 2.32. The quantitative estimate of drug-likeness (QED) is 0.265. The molecule has 0 aromatic heterocycles. The van der Waals surface area contributed by atoms with Gasteiger partial charge in [0.2, 0.25) is 0 Å². The van der Waals surface area contributed by atoms with Crippen LogP contribution in [0.2, 0.25) is 0 Å². The summed E-state index contributed by atoms with van der Waals surface area (Å²) < 4.78 is 11.6. The second kappa shape index (κ2) is 11.0. The van der Waals surface area contributed by atoms with Crippen molar-refractivity contribution in [2.24, 2.45) is 0 Å². The molecule has 2 aliphatic carbocycles. The van der Waals surface area contributed by atoms with Crippen molar-refractivity contribution in [3.8, 4) is 22.3 Å². The Labute approximate surface area is 227 Å². The highest BCUT2D eigenvalue weighted by molar-refractivity contribution is 5.81. The second-order valence-electron chi connectivity index (χ2n) is 9.52. The predicted octanol–water partition coefficient (Wildman–Crippen LogP) is 5.57. The average Bonchev–Trinajstić information content (AvgIpc) is 3.46. The molecule has 39 heavy (non-hydrogen) atoms. The first-order valence-corrected chi connectivity index (χ1v) is 13.2. The monoisotopic (exact) mass is 519 g/mol. The van der Waals surface area contributed by atoms with Crippen molar-refractivity contribution >= 4 is 12.2 Å². The van der Waals surface area contributed by atoms with Gasteiger partial charge in [-0.05, 0) is 22.3 Å². The van der Waals surface area contributed by atoms with Gasteiger partial charge < -0.3 is 25.4 Å². The molecule has 6 rings (SSSR count). The normalized spacial score (nSPS) is 13.1. The van der Waals surface area contributed by atoms with Crippen molar-refractivity contribution in [1.82, 2.24) is 16.0 Å². The van der Waals surface area contributed by atoms with E-state index in [1.165, 1.54) is 0 Å². The SMILES string of the molecule is O=C(NCCNCCNC(=O)OC1c2ccccc2-c2ccccc21)OC1c2ccccc2-c2ccccc21. The predicted molar refractivity (Wildman–Crippen MR) is 149 cm³/mol. The number of amides is 2. The maximum atomic E-state index is 12.5. The molecule has 0 radical (unpaired) electrons. The molecule has 196 valence electrons. The van der Waals surface area contributed by atoms with Gasteiger partial charge in [0.15, 0.2) is 12.2 Å². The number of hydrogen-bond acceptors (Lipinski definition) is 5. The first-order chi connectivity index (χ1) is 19.2. The van der Waals surface area contributed by atoms with Crippen LogP contribution in [0, 0.1) is 0 Å². The smallest absolute Gasteiger partial charge is 0.408 e. The van der Waals surface area contributed by atoms with Crippen LogP contribution in [-0.4, -0.2) is 38.4 Å². The zero-order valence-corrected chi connectivity index (χ0v) is 21.4. The maximum absolute atomic E-state index is 12.5. The molecule has 0 saturated carbocycles. The lowest BCUT2D eigenvalue weighted by molar-refractivity contribution is 0.118. The fourth-order valence-corrected chi connectivity index (χ4v) is 5.40. The summed E-state index contributed by atoms with van der Waals surface area (Å²) >= 11 is 0. The molecule has 4 aromatic carbocycles. The summed E-state index contributed by atoms with van der Waals surface area (Å²) in [5, 5.41) is 8.81. The molecule has 0 atom stereocenters. The fourth-order valence-electron chi connectivity index (χ4n) is 5.40. The highest BCUT2D eigenvalue weighted by Crippen LogP contribution is 2.46. The van der Waals surface area contributed by atoms with Crippen molar-refractivity contribution in [2.45, 2.75) is 12.2 Å². The zero-order valence-electron chi connectivity index (χ0n) is 21.4. The fraction of sp³-hybridized carbons (Fsp3) is 0.188. The molecule has 0 heterocycles. The van der Waals surface area contributed by atoms with E-state index < -0.39 is 24.4 Å². The van der Waals surface area contributed by atoms with E-state index in [9.17, 15) is 9.59 Å². The van der Waals surface area contributed by atoms with Crippen molar-refractivity contribution in [3.63, 3.8) is 0 Å². The van der Waals surface area contributed by atoms with Crippen molar-refractivity contribution < 1.29 is 19.1 Å². The maximum Gasteiger partial charge on any atom is 0.408 e. The summed E-state index contributed by atoms with van der Waals surface area (Å²) in [6.07, 6.45) is -1.77. The summed E-state index contributed by atoms with van der Waals surface area (Å²) in [5.74, 6) is 0. The van der Waals surface area contributed by atoms with Gasteiger partial charge in [-0.15, -0.1) is 0 Å². The third-order valence-electron chi connectivity index (χ3n) is 7.15. The number of alkyl carbamates (subject to hydrolysis) is 2. The second-order valence-corrected chi connectivity index (χ2v) is 9.52. The van der Waals surface area contributed by atoms with E-state index in [-0.39, 0.29) is 0 Å². The molecular weight excluding hydrogens is 490 g/mol. The molecule has 0 saturated heterocycles. The minimum Gasteiger partial charge on any atom is -0.436 e. The number of carbonyl (C=O) groups is 2. The number of carbonyl (C=O) groups excluding carboxylic acids is 2. The number of rotatable bonds is 8. The summed E-state index contributed by atoms with van der Waals surface area (Å²) in [6.45, 7) is 1.87. The average molecular weight is 520 g/mol. The zero-order chi connectivity index (χ0) is 26.6. The third-order valence-corrected chi connectivity index (χ3v) is 7.15. The molecule has 0 unspecified atom stereocenters. The molecule has 0 aliphatic heterocycles. The molecule has 2 amide bonds. The van der Waals surface area contributed by atoms with Crippen molar-refractivity contribution in [2.75, 3.05) is 26.2 Å². The van der Waals surface area contributed by atoms with Gasteiger partial charge in [0.1, 0.15) is 0 Å². The Morgan fingerprint density at radius 2 is 0.795 bits per heavy atom. The summed E-state index contributed by atoms with van der Waals surface area (Å²) in [5.41, 5.74) is 8.37. The van der Waals surface area contributed by atoms with Crippen molar-refractivity contribution in [3.05, 3.63) is 119 Å². The molecule has 4 aromatic rings. The summed E-state index contributed by atoms with van der Waals surface area (Å²) in [7, 11) is 0. The molecule has 0 spiro atoms. The van der Waals surface area contributed by atoms with Gasteiger partial charge in [0, 0.05) is 48.4 Å². The van der Waals surface area contributed by atoms with E-state index >= 15 is 0 Å². The van der Waals surface area contributed by atoms with E-state index in [0.29, 0.717) is 26.2 Å². The first-order valence-electron chi connectivity index (χ1n) is 13.2. The Kier molecular flexibility index (Phi) is 6.97. The van der Waals surface area contributed by atoms with E-state index in [4.69, 9.17) is 9.47 Å². The number of benzene rings is 4. The van der Waals surface area contributed by atoms with Crippen LogP contribution in [0.5, 0.6) is 0 Å². The van der Waals surface area contributed by atoms with E-state index in [2.05, 4.69) is 40.2 Å². The topological polar surface area (TPSA) is 88.7 Å². The number of ether oxygens (including phenoxy) is 2. The van der Waals surface area contributed by atoms with Crippen LogP contribution in [0.3, 0.4) is 0 Å². The molecule has 7 heteroatoms. The lowest BCUT2D eigenvalue weighted by Gasteiger charge is -2.16. The Morgan fingerprint density at radius 1 is 0.487 bits per heavy atom. The van der Waals surface area contributed by atoms with Crippen LogP contribution in [0.1, 0.15) is 34.5 Å². The van der Waals surface area contributed by atoms with Gasteiger partial charge in [0.05, 0.1) is 0 Å². The molecule has 3 N–H and O–H groups in total. The summed E-state index contributed by atoms with van der Waals surface area (Å²) in [6, 6.07) is 32.0. The van der Waals surface area contributed by atoms with Gasteiger partial charge in [-0.2, -0.15) is 0 Å². The molecule has 0 fully saturated rings. The van der Waals surface area contributed by atoms with Crippen LogP contribution in [0.15, 0.2) is 97.1 Å². The lowest BCUT2D eigenvalue weighted by atomic mass is 10.1. The van der Waals surface area contributed by atoms with Gasteiger partial charge in [-0.3, -0.25) is 0 Å². The van der Waals surface area contributed by atoms with Gasteiger partial charge in [0.25, 0.3) is 0 Å².